The third kappa shape index (κ3) is 9.04. The summed E-state index contributed by atoms with van der Waals surface area (Å²) in [4.78, 5) is 11.5. The van der Waals surface area contributed by atoms with E-state index in [9.17, 15) is 4.79 Å². The molecule has 4 nitrogen and oxygen atoms in total. The van der Waals surface area contributed by atoms with Gasteiger partial charge in [0.25, 0.3) is 0 Å². The molecule has 21 heavy (non-hydrogen) atoms. The number of rotatable bonds is 9. The molecule has 0 bridgehead atoms. The second-order valence-electron chi connectivity index (χ2n) is 4.33. The fraction of sp³-hybridized carbons (Fsp3) is 0.500. The van der Waals surface area contributed by atoms with Crippen LogP contribution in [0.5, 0.6) is 5.75 Å². The van der Waals surface area contributed by atoms with Crippen molar-refractivity contribution >= 4 is 41.5 Å². The maximum atomic E-state index is 11.5. The van der Waals surface area contributed by atoms with Gasteiger partial charge in [-0.25, -0.2) is 0 Å². The maximum Gasteiger partial charge on any atom is 0.220 e. The lowest BCUT2D eigenvalue weighted by Crippen LogP contribution is -2.26. The Labute approximate surface area is 141 Å². The zero-order valence-corrected chi connectivity index (χ0v) is 14.3. The monoisotopic (exact) mass is 354 g/mol. The Morgan fingerprint density at radius 1 is 1.24 bits per heavy atom. The third-order valence-corrected chi connectivity index (χ3v) is 3.16. The predicted octanol–water partition coefficient (Wildman–Crippen LogP) is 3.30. The van der Waals surface area contributed by atoms with Crippen LogP contribution in [0.4, 0.5) is 0 Å². The van der Waals surface area contributed by atoms with Gasteiger partial charge in [0.2, 0.25) is 5.91 Å². The van der Waals surface area contributed by atoms with Crippen molar-refractivity contribution < 1.29 is 9.53 Å². The molecule has 0 saturated carbocycles. The lowest BCUT2D eigenvalue weighted by molar-refractivity contribution is -0.121. The van der Waals surface area contributed by atoms with Crippen molar-refractivity contribution in [2.75, 3.05) is 26.7 Å². The van der Waals surface area contributed by atoms with Crippen LogP contribution in [0.1, 0.15) is 19.3 Å². The number of hydrogen-bond acceptors (Lipinski definition) is 3. The van der Waals surface area contributed by atoms with Crippen LogP contribution in [0.2, 0.25) is 10.0 Å². The van der Waals surface area contributed by atoms with Gasteiger partial charge in [-0.05, 0) is 44.6 Å². The van der Waals surface area contributed by atoms with E-state index < -0.39 is 0 Å². The lowest BCUT2D eigenvalue weighted by Gasteiger charge is -2.08. The van der Waals surface area contributed by atoms with Crippen LogP contribution in [0.3, 0.4) is 0 Å². The first-order valence-corrected chi connectivity index (χ1v) is 7.38. The van der Waals surface area contributed by atoms with Gasteiger partial charge in [-0.2, -0.15) is 0 Å². The molecule has 1 aromatic rings. The molecule has 7 heteroatoms. The molecule has 0 saturated heterocycles. The highest BCUT2D eigenvalue weighted by Gasteiger charge is 2.04. The van der Waals surface area contributed by atoms with E-state index in [4.69, 9.17) is 27.9 Å². The molecule has 2 N–H and O–H groups in total. The second-order valence-corrected chi connectivity index (χ2v) is 5.18. The normalized spacial score (nSPS) is 9.86. The standard InChI is InChI=1S/C14H20Cl2N2O2.ClH/c1-17-7-3-8-18-14(19)4-2-9-20-13-6-5-11(15)10-12(13)16;/h5-6,10,17H,2-4,7-9H2,1H3,(H,18,19);1H. The Hall–Kier alpha value is -0.680. The van der Waals surface area contributed by atoms with Crippen LogP contribution >= 0.6 is 35.6 Å². The average molecular weight is 356 g/mol. The minimum atomic E-state index is 0. The maximum absolute atomic E-state index is 11.5. The van der Waals surface area contributed by atoms with E-state index in [1.165, 1.54) is 0 Å². The summed E-state index contributed by atoms with van der Waals surface area (Å²) in [5, 5.41) is 6.94. The number of benzene rings is 1. The van der Waals surface area contributed by atoms with Crippen molar-refractivity contribution in [2.24, 2.45) is 0 Å². The first-order valence-electron chi connectivity index (χ1n) is 6.62. The predicted molar refractivity (Wildman–Crippen MR) is 90.0 cm³/mol. The highest BCUT2D eigenvalue weighted by Crippen LogP contribution is 2.27. The summed E-state index contributed by atoms with van der Waals surface area (Å²) in [6.45, 7) is 2.05. The average Bonchev–Trinajstić information content (AvgIpc) is 2.41. The van der Waals surface area contributed by atoms with Crippen molar-refractivity contribution in [1.29, 1.82) is 0 Å². The van der Waals surface area contributed by atoms with Crippen LogP contribution in [0, 0.1) is 0 Å². The Bertz CT molecular complexity index is 431. The Morgan fingerprint density at radius 3 is 2.67 bits per heavy atom. The van der Waals surface area contributed by atoms with Crippen LogP contribution in [-0.4, -0.2) is 32.7 Å². The zero-order valence-electron chi connectivity index (χ0n) is 12.0. The van der Waals surface area contributed by atoms with E-state index in [0.29, 0.717) is 41.8 Å². The number of ether oxygens (including phenoxy) is 1. The smallest absolute Gasteiger partial charge is 0.220 e. The van der Waals surface area contributed by atoms with Gasteiger partial charge in [-0.15, -0.1) is 12.4 Å². The first-order chi connectivity index (χ1) is 9.63. The minimum Gasteiger partial charge on any atom is -0.492 e. The lowest BCUT2D eigenvalue weighted by atomic mass is 10.3. The molecule has 0 fully saturated rings. The number of nitrogens with one attached hydrogen (secondary N) is 2. The minimum absolute atomic E-state index is 0. The van der Waals surface area contributed by atoms with Gasteiger partial charge in [0, 0.05) is 18.0 Å². The van der Waals surface area contributed by atoms with Crippen molar-refractivity contribution in [2.45, 2.75) is 19.3 Å². The van der Waals surface area contributed by atoms with Crippen molar-refractivity contribution in [3.63, 3.8) is 0 Å². The quantitative estimate of drug-likeness (QED) is 0.668. The summed E-state index contributed by atoms with van der Waals surface area (Å²) in [7, 11) is 1.89. The van der Waals surface area contributed by atoms with Gasteiger partial charge in [0.05, 0.1) is 11.6 Å². The van der Waals surface area contributed by atoms with Crippen molar-refractivity contribution in [3.8, 4) is 5.75 Å². The molecule has 0 heterocycles. The van der Waals surface area contributed by atoms with Gasteiger partial charge in [0.1, 0.15) is 5.75 Å². The topological polar surface area (TPSA) is 50.4 Å². The number of amides is 1. The van der Waals surface area contributed by atoms with E-state index in [-0.39, 0.29) is 18.3 Å². The first kappa shape index (κ1) is 20.3. The van der Waals surface area contributed by atoms with Crippen LogP contribution in [0.25, 0.3) is 0 Å². The molecular formula is C14H21Cl3N2O2. The fourth-order valence-corrected chi connectivity index (χ4v) is 2.05. The van der Waals surface area contributed by atoms with Gasteiger partial charge in [-0.1, -0.05) is 23.2 Å². The summed E-state index contributed by atoms with van der Waals surface area (Å²) >= 11 is 11.8. The summed E-state index contributed by atoms with van der Waals surface area (Å²) in [5.41, 5.74) is 0. The molecule has 0 spiro atoms. The van der Waals surface area contributed by atoms with Crippen molar-refractivity contribution in [3.05, 3.63) is 28.2 Å². The largest absolute Gasteiger partial charge is 0.492 e. The van der Waals surface area contributed by atoms with E-state index in [0.717, 1.165) is 13.0 Å². The summed E-state index contributed by atoms with van der Waals surface area (Å²) in [5.74, 6) is 0.636. The molecule has 1 rings (SSSR count). The highest BCUT2D eigenvalue weighted by atomic mass is 35.5. The van der Waals surface area contributed by atoms with E-state index in [2.05, 4.69) is 10.6 Å². The summed E-state index contributed by atoms with van der Waals surface area (Å²) in [6.07, 6.45) is 2.03. The Balaban J connectivity index is 0.00000400. The van der Waals surface area contributed by atoms with E-state index >= 15 is 0 Å². The number of carbonyl (C=O) groups excluding carboxylic acids is 1. The molecular weight excluding hydrogens is 335 g/mol. The molecule has 120 valence electrons. The van der Waals surface area contributed by atoms with Crippen LogP contribution < -0.4 is 15.4 Å². The Kier molecular flexibility index (Phi) is 11.5. The Morgan fingerprint density at radius 2 is 2.00 bits per heavy atom. The van der Waals surface area contributed by atoms with Gasteiger partial charge in [-0.3, -0.25) is 4.79 Å². The van der Waals surface area contributed by atoms with Gasteiger partial charge >= 0.3 is 0 Å². The molecule has 0 aliphatic rings. The molecule has 0 radical (unpaired) electrons. The molecule has 0 aromatic heterocycles. The zero-order chi connectivity index (χ0) is 14.8. The molecule has 1 amide bonds. The molecule has 0 unspecified atom stereocenters. The van der Waals surface area contributed by atoms with Crippen LogP contribution in [-0.2, 0) is 4.79 Å². The highest BCUT2D eigenvalue weighted by molar-refractivity contribution is 6.35. The van der Waals surface area contributed by atoms with Gasteiger partial charge < -0.3 is 15.4 Å². The molecule has 0 atom stereocenters. The number of carbonyl (C=O) groups is 1. The molecule has 0 aliphatic heterocycles. The molecule has 0 aliphatic carbocycles. The van der Waals surface area contributed by atoms with Gasteiger partial charge in [0.15, 0.2) is 0 Å². The summed E-state index contributed by atoms with van der Waals surface area (Å²) < 4.78 is 5.50. The van der Waals surface area contributed by atoms with Crippen molar-refractivity contribution in [1.82, 2.24) is 10.6 Å². The van der Waals surface area contributed by atoms with E-state index in [1.54, 1.807) is 18.2 Å². The second kappa shape index (κ2) is 11.9. The van der Waals surface area contributed by atoms with E-state index in [1.807, 2.05) is 7.05 Å². The third-order valence-electron chi connectivity index (χ3n) is 2.63. The fourth-order valence-electron chi connectivity index (χ4n) is 1.59. The summed E-state index contributed by atoms with van der Waals surface area (Å²) in [6, 6.07) is 5.08. The number of halogens is 3. The molecule has 1 aromatic carbocycles. The van der Waals surface area contributed by atoms with Crippen LogP contribution in [0.15, 0.2) is 18.2 Å². The SMILES string of the molecule is CNCCCNC(=O)CCCOc1ccc(Cl)cc1Cl.Cl. The number of hydrogen-bond donors (Lipinski definition) is 2.